The normalized spacial score (nSPS) is 40.4. The number of carbonyl (C=O) groups is 1. The molecule has 5 nitrogen and oxygen atoms in total. The van der Waals surface area contributed by atoms with Crippen molar-refractivity contribution in [3.63, 3.8) is 0 Å². The zero-order valence-corrected chi connectivity index (χ0v) is 22.4. The fourth-order valence-corrected chi connectivity index (χ4v) is 9.29. The molecule has 4 aliphatic carbocycles. The van der Waals surface area contributed by atoms with Gasteiger partial charge in [0.1, 0.15) is 6.10 Å². The molecule has 0 spiro atoms. The molecular formula is C29H48NO4-. The molecule has 34 heavy (non-hydrogen) atoms. The SMILES string of the molecule is CC(=O)OC1CCC2(C)C(=C(N([O-])O)CC3C2CCC2(C)C(C(C)CCCC(C)C)CCC32)C1. The van der Waals surface area contributed by atoms with Crippen LogP contribution in [0.4, 0.5) is 0 Å². The van der Waals surface area contributed by atoms with Gasteiger partial charge in [-0.05, 0) is 96.9 Å². The number of nitrogens with zero attached hydrogens (tertiary/aromatic N) is 1. The maximum atomic E-state index is 12.4. The molecule has 0 aromatic carbocycles. The number of hydrogen-bond acceptors (Lipinski definition) is 5. The van der Waals surface area contributed by atoms with Gasteiger partial charge in [-0.1, -0.05) is 53.9 Å². The van der Waals surface area contributed by atoms with Crippen molar-refractivity contribution in [2.75, 3.05) is 0 Å². The van der Waals surface area contributed by atoms with Crippen molar-refractivity contribution in [2.45, 2.75) is 118 Å². The number of hydrogen-bond donors (Lipinski definition) is 1. The summed E-state index contributed by atoms with van der Waals surface area (Å²) in [5.41, 5.74) is 1.89. The molecule has 0 aromatic heterocycles. The van der Waals surface area contributed by atoms with Crippen molar-refractivity contribution < 1.29 is 14.7 Å². The summed E-state index contributed by atoms with van der Waals surface area (Å²) in [6.07, 6.45) is 11.9. The summed E-state index contributed by atoms with van der Waals surface area (Å²) < 4.78 is 5.55. The highest BCUT2D eigenvalue weighted by molar-refractivity contribution is 5.66. The largest absolute Gasteiger partial charge is 0.734 e. The lowest BCUT2D eigenvalue weighted by molar-refractivity contribution is -0.149. The van der Waals surface area contributed by atoms with Gasteiger partial charge < -0.3 is 15.2 Å². The van der Waals surface area contributed by atoms with Crippen LogP contribution in [0, 0.1) is 51.5 Å². The molecule has 1 N–H and O–H groups in total. The lowest BCUT2D eigenvalue weighted by atomic mass is 9.46. The first kappa shape index (κ1) is 26.0. The Bertz CT molecular complexity index is 791. The van der Waals surface area contributed by atoms with Crippen molar-refractivity contribution in [1.29, 1.82) is 0 Å². The minimum absolute atomic E-state index is 0.0808. The fraction of sp³-hybridized carbons (Fsp3) is 0.897. The van der Waals surface area contributed by atoms with E-state index in [4.69, 9.17) is 4.74 Å². The highest BCUT2D eigenvalue weighted by Crippen LogP contribution is 2.68. The lowest BCUT2D eigenvalue weighted by Gasteiger charge is -2.60. The third-order valence-electron chi connectivity index (χ3n) is 10.9. The summed E-state index contributed by atoms with van der Waals surface area (Å²) in [5.74, 6) is 3.68. The van der Waals surface area contributed by atoms with Crippen LogP contribution < -0.4 is 0 Å². The van der Waals surface area contributed by atoms with E-state index in [-0.39, 0.29) is 22.7 Å². The van der Waals surface area contributed by atoms with Crippen molar-refractivity contribution in [3.8, 4) is 0 Å². The Labute approximate surface area is 207 Å². The Morgan fingerprint density at radius 1 is 1.09 bits per heavy atom. The van der Waals surface area contributed by atoms with Gasteiger partial charge in [-0.25, -0.2) is 0 Å². The summed E-state index contributed by atoms with van der Waals surface area (Å²) in [6.45, 7) is 13.5. The molecule has 0 heterocycles. The summed E-state index contributed by atoms with van der Waals surface area (Å²) in [7, 11) is 0. The van der Waals surface area contributed by atoms with Crippen molar-refractivity contribution in [2.24, 2.45) is 46.3 Å². The standard InChI is InChI=1S/C29H48NO4/c1-18(2)8-7-9-19(3)23-10-11-24-22-17-27(30(32)33)26-16-21(34-20(4)31)12-14-29(26,6)25(22)13-15-28(23,24)5/h18-19,21-25,32H,7-17H2,1-6H3/q-1. The fourth-order valence-electron chi connectivity index (χ4n) is 9.29. The van der Waals surface area contributed by atoms with Crippen LogP contribution in [0.15, 0.2) is 11.3 Å². The first-order valence-corrected chi connectivity index (χ1v) is 14.0. The van der Waals surface area contributed by atoms with Gasteiger partial charge in [-0.3, -0.25) is 10.0 Å². The number of allylic oxidation sites excluding steroid dienone is 1. The molecule has 8 unspecified atom stereocenters. The first-order valence-electron chi connectivity index (χ1n) is 14.0. The molecule has 3 saturated carbocycles. The lowest BCUT2D eigenvalue weighted by Crippen LogP contribution is -2.52. The summed E-state index contributed by atoms with van der Waals surface area (Å²) in [5, 5.41) is 22.8. The van der Waals surface area contributed by atoms with Gasteiger partial charge in [0.05, 0.1) is 0 Å². The van der Waals surface area contributed by atoms with E-state index in [0.29, 0.717) is 41.7 Å². The monoisotopic (exact) mass is 474 g/mol. The maximum Gasteiger partial charge on any atom is 0.302 e. The molecule has 3 fully saturated rings. The first-order chi connectivity index (χ1) is 16.0. The van der Waals surface area contributed by atoms with Crippen LogP contribution in [-0.2, 0) is 9.53 Å². The smallest absolute Gasteiger partial charge is 0.302 e. The maximum absolute atomic E-state index is 12.4. The third-order valence-corrected chi connectivity index (χ3v) is 10.9. The van der Waals surface area contributed by atoms with Gasteiger partial charge in [0.15, 0.2) is 0 Å². The second-order valence-corrected chi connectivity index (χ2v) is 13.2. The van der Waals surface area contributed by atoms with Gasteiger partial charge in [0.25, 0.3) is 0 Å². The number of rotatable bonds is 7. The molecule has 8 atom stereocenters. The summed E-state index contributed by atoms with van der Waals surface area (Å²) in [6, 6.07) is 0. The van der Waals surface area contributed by atoms with E-state index in [1.807, 2.05) is 0 Å². The molecule has 5 heteroatoms. The predicted molar refractivity (Wildman–Crippen MR) is 135 cm³/mol. The average Bonchev–Trinajstić information content (AvgIpc) is 3.10. The highest BCUT2D eigenvalue weighted by atomic mass is 16.8. The molecule has 194 valence electrons. The molecule has 0 aliphatic heterocycles. The van der Waals surface area contributed by atoms with Gasteiger partial charge in [-0.2, -0.15) is 0 Å². The van der Waals surface area contributed by atoms with Crippen molar-refractivity contribution >= 4 is 5.97 Å². The molecule has 4 rings (SSSR count). The van der Waals surface area contributed by atoms with E-state index in [9.17, 15) is 15.2 Å². The van der Waals surface area contributed by atoms with E-state index in [1.54, 1.807) is 0 Å². The molecule has 0 saturated heterocycles. The zero-order chi connectivity index (χ0) is 24.8. The Morgan fingerprint density at radius 3 is 2.47 bits per heavy atom. The molecule has 0 radical (unpaired) electrons. The van der Waals surface area contributed by atoms with Gasteiger partial charge >= 0.3 is 5.97 Å². The topological polar surface area (TPSA) is 72.8 Å². The number of ether oxygens (including phenoxy) is 1. The quantitative estimate of drug-likeness (QED) is 0.306. The van der Waals surface area contributed by atoms with Crippen molar-refractivity contribution in [1.82, 2.24) is 5.23 Å². The van der Waals surface area contributed by atoms with E-state index in [1.165, 1.54) is 51.9 Å². The van der Waals surface area contributed by atoms with E-state index in [0.717, 1.165) is 36.2 Å². The van der Waals surface area contributed by atoms with Crippen LogP contribution >= 0.6 is 0 Å². The van der Waals surface area contributed by atoms with Gasteiger partial charge in [0.2, 0.25) is 0 Å². The Kier molecular flexibility index (Phi) is 7.47. The van der Waals surface area contributed by atoms with Crippen LogP contribution in [0.3, 0.4) is 0 Å². The molecular weight excluding hydrogens is 426 g/mol. The third kappa shape index (κ3) is 4.56. The number of hydroxylamine groups is 2. The Morgan fingerprint density at radius 2 is 1.82 bits per heavy atom. The molecule has 0 aromatic rings. The van der Waals surface area contributed by atoms with Crippen LogP contribution in [0.1, 0.15) is 112 Å². The zero-order valence-electron chi connectivity index (χ0n) is 22.4. The van der Waals surface area contributed by atoms with Gasteiger partial charge in [0, 0.05) is 19.0 Å². The van der Waals surface area contributed by atoms with E-state index < -0.39 is 0 Å². The summed E-state index contributed by atoms with van der Waals surface area (Å²) in [4.78, 5) is 11.6. The van der Waals surface area contributed by atoms with Crippen LogP contribution in [0.2, 0.25) is 0 Å². The Balaban J connectivity index is 1.57. The second-order valence-electron chi connectivity index (χ2n) is 13.2. The van der Waals surface area contributed by atoms with Crippen LogP contribution in [0.5, 0.6) is 0 Å². The van der Waals surface area contributed by atoms with Crippen LogP contribution in [-0.4, -0.2) is 22.5 Å². The predicted octanol–water partition coefficient (Wildman–Crippen LogP) is 7.48. The van der Waals surface area contributed by atoms with Crippen LogP contribution in [0.25, 0.3) is 0 Å². The minimum Gasteiger partial charge on any atom is -0.734 e. The number of carbonyl (C=O) groups excluding carboxylic acids is 1. The second kappa shape index (κ2) is 9.76. The molecule has 0 bridgehead atoms. The summed E-state index contributed by atoms with van der Waals surface area (Å²) >= 11 is 0. The average molecular weight is 475 g/mol. The van der Waals surface area contributed by atoms with E-state index in [2.05, 4.69) is 34.6 Å². The molecule has 0 amide bonds. The Hall–Kier alpha value is -1.07. The van der Waals surface area contributed by atoms with Gasteiger partial charge in [-0.15, -0.1) is 0 Å². The van der Waals surface area contributed by atoms with E-state index >= 15 is 0 Å². The van der Waals surface area contributed by atoms with Crippen molar-refractivity contribution in [3.05, 3.63) is 16.5 Å². The molecule has 4 aliphatic rings. The minimum atomic E-state index is -0.264. The number of esters is 1. The highest BCUT2D eigenvalue weighted by Gasteiger charge is 2.60. The number of fused-ring (bicyclic) bond motifs is 5.